The van der Waals surface area contributed by atoms with Crippen molar-refractivity contribution in [3.63, 3.8) is 0 Å². The van der Waals surface area contributed by atoms with E-state index >= 15 is 0 Å². The third-order valence-corrected chi connectivity index (χ3v) is 2.06. The second kappa shape index (κ2) is 6.38. The Bertz CT molecular complexity index is 277. The molecule has 0 aliphatic heterocycles. The topological polar surface area (TPSA) is 33.0 Å². The molecule has 0 aromatic carbocycles. The average molecular weight is 214 g/mol. The number of rotatable bonds is 5. The van der Waals surface area contributed by atoms with E-state index in [-0.39, 0.29) is 11.8 Å². The minimum atomic E-state index is -0.107. The summed E-state index contributed by atoms with van der Waals surface area (Å²) in [6, 6.07) is 5.94. The zero-order valence-corrected chi connectivity index (χ0v) is 8.70. The summed E-state index contributed by atoms with van der Waals surface area (Å²) in [6.07, 6.45) is 4.92. The number of nitrogens with zero attached hydrogens (tertiary/aromatic N) is 1. The SMILES string of the molecule is O=C(CCl)NCCC[n+]1ccccc1. The van der Waals surface area contributed by atoms with Gasteiger partial charge in [0.25, 0.3) is 0 Å². The Morgan fingerprint density at radius 2 is 2.00 bits per heavy atom. The van der Waals surface area contributed by atoms with Gasteiger partial charge in [-0.2, -0.15) is 0 Å². The number of hydrogen-bond donors (Lipinski definition) is 1. The Morgan fingerprint density at radius 1 is 1.29 bits per heavy atom. The molecule has 76 valence electrons. The van der Waals surface area contributed by atoms with Crippen LogP contribution >= 0.6 is 11.6 Å². The van der Waals surface area contributed by atoms with Crippen LogP contribution in [0.1, 0.15) is 6.42 Å². The van der Waals surface area contributed by atoms with Crippen LogP contribution in [-0.2, 0) is 11.3 Å². The molecule has 1 N–H and O–H groups in total. The first kappa shape index (κ1) is 11.0. The molecular formula is C10H14ClN2O+. The van der Waals surface area contributed by atoms with Crippen molar-refractivity contribution in [2.24, 2.45) is 0 Å². The van der Waals surface area contributed by atoms with Crippen molar-refractivity contribution in [3.8, 4) is 0 Å². The number of amides is 1. The van der Waals surface area contributed by atoms with E-state index in [0.29, 0.717) is 6.54 Å². The van der Waals surface area contributed by atoms with Crippen LogP contribution in [0.25, 0.3) is 0 Å². The molecule has 14 heavy (non-hydrogen) atoms. The maximum Gasteiger partial charge on any atom is 0.234 e. The molecule has 0 spiro atoms. The van der Waals surface area contributed by atoms with Crippen LogP contribution < -0.4 is 9.88 Å². The van der Waals surface area contributed by atoms with E-state index in [4.69, 9.17) is 11.6 Å². The van der Waals surface area contributed by atoms with Crippen molar-refractivity contribution in [1.29, 1.82) is 0 Å². The molecule has 1 rings (SSSR count). The maximum atomic E-state index is 10.8. The first-order valence-corrected chi connectivity index (χ1v) is 5.13. The summed E-state index contributed by atoms with van der Waals surface area (Å²) in [7, 11) is 0. The quantitative estimate of drug-likeness (QED) is 0.437. The molecule has 0 unspecified atom stereocenters. The third kappa shape index (κ3) is 4.23. The Morgan fingerprint density at radius 3 is 2.64 bits per heavy atom. The molecule has 0 aliphatic carbocycles. The van der Waals surface area contributed by atoms with E-state index in [1.807, 2.05) is 30.6 Å². The average Bonchev–Trinajstić information content (AvgIpc) is 2.25. The predicted octanol–water partition coefficient (Wildman–Crippen LogP) is 0.719. The first-order chi connectivity index (χ1) is 6.83. The lowest BCUT2D eigenvalue weighted by Crippen LogP contribution is -2.35. The molecule has 0 saturated carbocycles. The monoisotopic (exact) mass is 213 g/mol. The van der Waals surface area contributed by atoms with E-state index in [9.17, 15) is 4.79 Å². The highest BCUT2D eigenvalue weighted by molar-refractivity contribution is 6.27. The summed E-state index contributed by atoms with van der Waals surface area (Å²) < 4.78 is 2.08. The molecule has 1 amide bonds. The second-order valence-corrected chi connectivity index (χ2v) is 3.22. The standard InChI is InChI=1S/C10H13ClN2O/c11-9-10(14)12-5-4-8-13-6-2-1-3-7-13/h1-3,6-7H,4-5,8-9H2/p+1. The number of hydrogen-bond acceptors (Lipinski definition) is 1. The fourth-order valence-electron chi connectivity index (χ4n) is 1.12. The molecule has 0 atom stereocenters. The molecule has 0 radical (unpaired) electrons. The number of nitrogens with one attached hydrogen (secondary N) is 1. The van der Waals surface area contributed by atoms with Crippen LogP contribution in [-0.4, -0.2) is 18.3 Å². The van der Waals surface area contributed by atoms with Crippen molar-refractivity contribution in [2.45, 2.75) is 13.0 Å². The summed E-state index contributed by atoms with van der Waals surface area (Å²) >= 11 is 5.33. The lowest BCUT2D eigenvalue weighted by molar-refractivity contribution is -0.697. The number of alkyl halides is 1. The molecule has 3 nitrogen and oxygen atoms in total. The Kier molecular flexibility index (Phi) is 5.00. The highest BCUT2D eigenvalue weighted by Crippen LogP contribution is 1.81. The maximum absolute atomic E-state index is 10.8. The highest BCUT2D eigenvalue weighted by atomic mass is 35.5. The Labute approximate surface area is 88.7 Å². The largest absolute Gasteiger partial charge is 0.355 e. The van der Waals surface area contributed by atoms with Crippen molar-refractivity contribution in [3.05, 3.63) is 30.6 Å². The van der Waals surface area contributed by atoms with Gasteiger partial charge in [-0.1, -0.05) is 6.07 Å². The van der Waals surface area contributed by atoms with Crippen molar-refractivity contribution >= 4 is 17.5 Å². The summed E-state index contributed by atoms with van der Waals surface area (Å²) in [5.74, 6) is -0.0666. The fourth-order valence-corrected chi connectivity index (χ4v) is 1.21. The van der Waals surface area contributed by atoms with E-state index < -0.39 is 0 Å². The minimum Gasteiger partial charge on any atom is -0.355 e. The van der Waals surface area contributed by atoms with Gasteiger partial charge >= 0.3 is 0 Å². The number of aryl methyl sites for hydroxylation is 1. The van der Waals surface area contributed by atoms with Crippen molar-refractivity contribution in [2.75, 3.05) is 12.4 Å². The summed E-state index contributed by atoms with van der Waals surface area (Å²) in [5.41, 5.74) is 0. The van der Waals surface area contributed by atoms with Crippen LogP contribution in [0.2, 0.25) is 0 Å². The van der Waals surface area contributed by atoms with Gasteiger partial charge in [0.05, 0.1) is 0 Å². The predicted molar refractivity (Wildman–Crippen MR) is 55.0 cm³/mol. The lowest BCUT2D eigenvalue weighted by Gasteiger charge is -2.00. The van der Waals surface area contributed by atoms with Gasteiger partial charge in [-0.25, -0.2) is 4.57 Å². The van der Waals surface area contributed by atoms with Gasteiger partial charge in [0.2, 0.25) is 5.91 Å². The zero-order chi connectivity index (χ0) is 10.2. The van der Waals surface area contributed by atoms with Crippen molar-refractivity contribution in [1.82, 2.24) is 5.32 Å². The number of pyridine rings is 1. The normalized spacial score (nSPS) is 9.79. The van der Waals surface area contributed by atoms with Crippen LogP contribution in [0.4, 0.5) is 0 Å². The van der Waals surface area contributed by atoms with Gasteiger partial charge in [0.1, 0.15) is 12.4 Å². The molecule has 1 aromatic heterocycles. The van der Waals surface area contributed by atoms with Crippen LogP contribution in [0, 0.1) is 0 Å². The van der Waals surface area contributed by atoms with Gasteiger partial charge in [0.15, 0.2) is 12.4 Å². The molecule has 0 bridgehead atoms. The van der Waals surface area contributed by atoms with Gasteiger partial charge in [0, 0.05) is 25.1 Å². The zero-order valence-electron chi connectivity index (χ0n) is 7.95. The van der Waals surface area contributed by atoms with E-state index in [1.165, 1.54) is 0 Å². The van der Waals surface area contributed by atoms with E-state index in [2.05, 4.69) is 9.88 Å². The third-order valence-electron chi connectivity index (χ3n) is 1.81. The Balaban J connectivity index is 2.13. The molecule has 1 heterocycles. The molecule has 0 fully saturated rings. The van der Waals surface area contributed by atoms with Crippen LogP contribution in [0.15, 0.2) is 30.6 Å². The number of halogens is 1. The van der Waals surface area contributed by atoms with E-state index in [1.54, 1.807) is 0 Å². The van der Waals surface area contributed by atoms with Gasteiger partial charge in [-0.15, -0.1) is 11.6 Å². The minimum absolute atomic E-state index is 0.0402. The van der Waals surface area contributed by atoms with E-state index in [0.717, 1.165) is 13.0 Å². The Hall–Kier alpha value is -1.09. The number of carbonyl (C=O) groups is 1. The fraction of sp³-hybridized carbons (Fsp3) is 0.400. The van der Waals surface area contributed by atoms with Crippen LogP contribution in [0.5, 0.6) is 0 Å². The van der Waals surface area contributed by atoms with Gasteiger partial charge < -0.3 is 5.32 Å². The molecule has 1 aromatic rings. The van der Waals surface area contributed by atoms with Crippen LogP contribution in [0.3, 0.4) is 0 Å². The second-order valence-electron chi connectivity index (χ2n) is 2.95. The summed E-state index contributed by atoms with van der Waals surface area (Å²) in [4.78, 5) is 10.8. The summed E-state index contributed by atoms with van der Waals surface area (Å²) in [6.45, 7) is 1.58. The molecule has 4 heteroatoms. The highest BCUT2D eigenvalue weighted by Gasteiger charge is 1.99. The number of carbonyl (C=O) groups excluding carboxylic acids is 1. The smallest absolute Gasteiger partial charge is 0.234 e. The first-order valence-electron chi connectivity index (χ1n) is 4.59. The molecule has 0 aliphatic rings. The number of aromatic nitrogens is 1. The van der Waals surface area contributed by atoms with Gasteiger partial charge in [-0.05, 0) is 0 Å². The van der Waals surface area contributed by atoms with Gasteiger partial charge in [-0.3, -0.25) is 4.79 Å². The lowest BCUT2D eigenvalue weighted by atomic mass is 10.4. The molecule has 0 saturated heterocycles. The molecular weight excluding hydrogens is 200 g/mol. The van der Waals surface area contributed by atoms with Crippen molar-refractivity contribution < 1.29 is 9.36 Å². The summed E-state index contributed by atoms with van der Waals surface area (Å²) in [5, 5.41) is 2.72.